The van der Waals surface area contributed by atoms with Crippen LogP contribution in [0.2, 0.25) is 0 Å². The van der Waals surface area contributed by atoms with Crippen LogP contribution in [0.4, 0.5) is 0 Å². The molecular formula is C9H9BrN2O2. The molecule has 0 bridgehead atoms. The highest BCUT2D eigenvalue weighted by Gasteiger charge is 2.20. The maximum atomic E-state index is 11.1. The Labute approximate surface area is 89.8 Å². The van der Waals surface area contributed by atoms with E-state index in [1.165, 1.54) is 0 Å². The number of aromatic nitrogens is 1. The lowest BCUT2D eigenvalue weighted by atomic mass is 10.1. The van der Waals surface area contributed by atoms with Crippen LogP contribution in [-0.4, -0.2) is 24.1 Å². The van der Waals surface area contributed by atoms with Crippen molar-refractivity contribution in [2.24, 2.45) is 0 Å². The molecule has 1 aliphatic rings. The lowest BCUT2D eigenvalue weighted by molar-refractivity contribution is -0.131. The van der Waals surface area contributed by atoms with Gasteiger partial charge >= 0.3 is 0 Å². The fourth-order valence-electron chi connectivity index (χ4n) is 1.35. The largest absolute Gasteiger partial charge is 0.369 e. The van der Waals surface area contributed by atoms with E-state index in [0.717, 1.165) is 10.0 Å². The van der Waals surface area contributed by atoms with Crippen LogP contribution in [0.5, 0.6) is 0 Å². The molecule has 1 amide bonds. The number of amides is 1. The summed E-state index contributed by atoms with van der Waals surface area (Å²) < 4.78 is 6.03. The predicted molar refractivity (Wildman–Crippen MR) is 53.6 cm³/mol. The van der Waals surface area contributed by atoms with E-state index in [1.54, 1.807) is 12.4 Å². The highest BCUT2D eigenvalue weighted by molar-refractivity contribution is 9.10. The van der Waals surface area contributed by atoms with Gasteiger partial charge in [0.15, 0.2) is 0 Å². The molecule has 1 saturated heterocycles. The normalized spacial score (nSPS) is 21.8. The van der Waals surface area contributed by atoms with Gasteiger partial charge in [0.1, 0.15) is 6.61 Å². The van der Waals surface area contributed by atoms with Gasteiger partial charge in [-0.15, -0.1) is 0 Å². The number of nitrogens with one attached hydrogen (secondary N) is 1. The van der Waals surface area contributed by atoms with Gasteiger partial charge in [-0.05, 0) is 27.6 Å². The number of halogens is 1. The molecule has 1 atom stereocenters. The average molecular weight is 257 g/mol. The van der Waals surface area contributed by atoms with E-state index in [1.807, 2.05) is 6.07 Å². The number of hydrogen-bond donors (Lipinski definition) is 1. The third kappa shape index (κ3) is 2.10. The second-order valence-corrected chi connectivity index (χ2v) is 3.99. The molecule has 0 aliphatic carbocycles. The maximum absolute atomic E-state index is 11.1. The molecule has 14 heavy (non-hydrogen) atoms. The molecule has 0 radical (unpaired) electrons. The number of morpholine rings is 1. The first-order chi connectivity index (χ1) is 6.75. The highest BCUT2D eigenvalue weighted by atomic mass is 79.9. The summed E-state index contributed by atoms with van der Waals surface area (Å²) in [5, 5.41) is 2.84. The molecule has 5 heteroatoms. The number of ether oxygens (including phenoxy) is 1. The summed E-state index contributed by atoms with van der Waals surface area (Å²) in [6.07, 6.45) is 3.43. The SMILES string of the molecule is O=C1COCC(c2cncc(Br)c2)N1. The number of pyridine rings is 1. The van der Waals surface area contributed by atoms with Crippen LogP contribution in [0.15, 0.2) is 22.9 Å². The van der Waals surface area contributed by atoms with Gasteiger partial charge in [0, 0.05) is 16.9 Å². The minimum absolute atomic E-state index is 0.0822. The van der Waals surface area contributed by atoms with Crippen LogP contribution < -0.4 is 5.32 Å². The van der Waals surface area contributed by atoms with Gasteiger partial charge in [0.05, 0.1) is 12.6 Å². The molecule has 0 aromatic carbocycles. The monoisotopic (exact) mass is 256 g/mol. The van der Waals surface area contributed by atoms with Crippen molar-refractivity contribution in [1.82, 2.24) is 10.3 Å². The van der Waals surface area contributed by atoms with Crippen LogP contribution in [0, 0.1) is 0 Å². The van der Waals surface area contributed by atoms with Gasteiger partial charge in [-0.25, -0.2) is 0 Å². The summed E-state index contributed by atoms with van der Waals surface area (Å²) in [7, 11) is 0. The first-order valence-electron chi connectivity index (χ1n) is 4.23. The summed E-state index contributed by atoms with van der Waals surface area (Å²) in [6.45, 7) is 0.655. The maximum Gasteiger partial charge on any atom is 0.246 e. The summed E-state index contributed by atoms with van der Waals surface area (Å²) in [4.78, 5) is 15.1. The van der Waals surface area contributed by atoms with E-state index in [-0.39, 0.29) is 18.6 Å². The van der Waals surface area contributed by atoms with Gasteiger partial charge in [0.25, 0.3) is 0 Å². The standard InChI is InChI=1S/C9H9BrN2O2/c10-7-1-6(2-11-3-7)8-4-14-5-9(13)12-8/h1-3,8H,4-5H2,(H,12,13). The number of hydrogen-bond acceptors (Lipinski definition) is 3. The van der Waals surface area contributed by atoms with Crippen molar-refractivity contribution >= 4 is 21.8 Å². The first-order valence-corrected chi connectivity index (χ1v) is 5.02. The van der Waals surface area contributed by atoms with E-state index in [0.29, 0.717) is 6.61 Å². The van der Waals surface area contributed by atoms with Gasteiger partial charge < -0.3 is 10.1 Å². The van der Waals surface area contributed by atoms with Crippen molar-refractivity contribution in [1.29, 1.82) is 0 Å². The van der Waals surface area contributed by atoms with Crippen molar-refractivity contribution in [2.75, 3.05) is 13.2 Å². The fraction of sp³-hybridized carbons (Fsp3) is 0.333. The van der Waals surface area contributed by atoms with Crippen LogP contribution in [0.3, 0.4) is 0 Å². The number of rotatable bonds is 1. The van der Waals surface area contributed by atoms with E-state index < -0.39 is 0 Å². The molecule has 1 aromatic heterocycles. The van der Waals surface area contributed by atoms with Crippen molar-refractivity contribution in [3.05, 3.63) is 28.5 Å². The van der Waals surface area contributed by atoms with Gasteiger partial charge in [-0.2, -0.15) is 0 Å². The van der Waals surface area contributed by atoms with Crippen LogP contribution >= 0.6 is 15.9 Å². The quantitative estimate of drug-likeness (QED) is 0.817. The minimum atomic E-state index is -0.0822. The number of carbonyl (C=O) groups is 1. The Morgan fingerprint density at radius 2 is 2.43 bits per heavy atom. The molecule has 1 aliphatic heterocycles. The molecule has 74 valence electrons. The average Bonchev–Trinajstić information content (AvgIpc) is 2.18. The lowest BCUT2D eigenvalue weighted by Gasteiger charge is -2.23. The Balaban J connectivity index is 2.17. The summed E-state index contributed by atoms with van der Waals surface area (Å²) in [6, 6.07) is 1.84. The molecule has 1 N–H and O–H groups in total. The van der Waals surface area contributed by atoms with Crippen molar-refractivity contribution < 1.29 is 9.53 Å². The molecule has 2 heterocycles. The van der Waals surface area contributed by atoms with Crippen molar-refractivity contribution in [2.45, 2.75) is 6.04 Å². The number of nitrogens with zero attached hydrogens (tertiary/aromatic N) is 1. The zero-order valence-electron chi connectivity index (χ0n) is 7.37. The third-order valence-electron chi connectivity index (χ3n) is 1.98. The summed E-state index contributed by atoms with van der Waals surface area (Å²) in [5.41, 5.74) is 0.951. The molecule has 0 spiro atoms. The Hall–Kier alpha value is -0.940. The molecule has 1 aromatic rings. The van der Waals surface area contributed by atoms with Gasteiger partial charge in [0.2, 0.25) is 5.91 Å². The molecule has 2 rings (SSSR count). The number of carbonyl (C=O) groups excluding carboxylic acids is 1. The van der Waals surface area contributed by atoms with E-state index in [2.05, 4.69) is 26.2 Å². The first kappa shape index (κ1) is 9.61. The predicted octanol–water partition coefficient (Wildman–Crippen LogP) is 1.03. The Bertz CT molecular complexity index is 356. The van der Waals surface area contributed by atoms with Crippen LogP contribution in [-0.2, 0) is 9.53 Å². The van der Waals surface area contributed by atoms with E-state index in [4.69, 9.17) is 4.74 Å². The molecule has 1 unspecified atom stereocenters. The van der Waals surface area contributed by atoms with Crippen LogP contribution in [0.1, 0.15) is 11.6 Å². The van der Waals surface area contributed by atoms with Crippen molar-refractivity contribution in [3.8, 4) is 0 Å². The summed E-state index contributed by atoms with van der Waals surface area (Å²) in [5.74, 6) is -0.0822. The smallest absolute Gasteiger partial charge is 0.246 e. The zero-order valence-corrected chi connectivity index (χ0v) is 8.95. The lowest BCUT2D eigenvalue weighted by Crippen LogP contribution is -2.39. The second-order valence-electron chi connectivity index (χ2n) is 3.07. The molecule has 4 nitrogen and oxygen atoms in total. The molecule has 0 saturated carbocycles. The Kier molecular flexibility index (Phi) is 2.79. The van der Waals surface area contributed by atoms with E-state index in [9.17, 15) is 4.79 Å². The van der Waals surface area contributed by atoms with E-state index >= 15 is 0 Å². The topological polar surface area (TPSA) is 51.2 Å². The fourth-order valence-corrected chi connectivity index (χ4v) is 1.73. The second kappa shape index (κ2) is 4.06. The van der Waals surface area contributed by atoms with Crippen molar-refractivity contribution in [3.63, 3.8) is 0 Å². The Morgan fingerprint density at radius 3 is 3.14 bits per heavy atom. The molecular weight excluding hydrogens is 248 g/mol. The van der Waals surface area contributed by atoms with Gasteiger partial charge in [-0.1, -0.05) is 0 Å². The minimum Gasteiger partial charge on any atom is -0.369 e. The highest BCUT2D eigenvalue weighted by Crippen LogP contribution is 2.18. The zero-order chi connectivity index (χ0) is 9.97. The summed E-state index contributed by atoms with van der Waals surface area (Å²) >= 11 is 3.33. The third-order valence-corrected chi connectivity index (χ3v) is 2.41. The van der Waals surface area contributed by atoms with Crippen LogP contribution in [0.25, 0.3) is 0 Å². The Morgan fingerprint density at radius 1 is 1.57 bits per heavy atom. The van der Waals surface area contributed by atoms with Gasteiger partial charge in [-0.3, -0.25) is 9.78 Å². The molecule has 1 fully saturated rings.